The van der Waals surface area contributed by atoms with E-state index in [-0.39, 0.29) is 12.2 Å². The summed E-state index contributed by atoms with van der Waals surface area (Å²) in [6.45, 7) is 0. The largest absolute Gasteiger partial charge is 0.497 e. The van der Waals surface area contributed by atoms with Gasteiger partial charge in [0.2, 0.25) is 0 Å². The molecule has 47 heavy (non-hydrogen) atoms. The summed E-state index contributed by atoms with van der Waals surface area (Å²) < 4.78 is 25.4. The Bertz CT molecular complexity index is 1820. The molecule has 0 amide bonds. The highest BCUT2D eigenvalue weighted by Gasteiger charge is 2.55. The number of carbonyl (C=O) groups is 1. The molecule has 0 aliphatic carbocycles. The molecule has 240 valence electrons. The number of aliphatic hydroxyl groups is 1. The molecule has 1 saturated heterocycles. The van der Waals surface area contributed by atoms with Crippen LogP contribution in [0.3, 0.4) is 0 Å². The van der Waals surface area contributed by atoms with Crippen LogP contribution in [0.1, 0.15) is 39.7 Å². The van der Waals surface area contributed by atoms with Gasteiger partial charge in [-0.1, -0.05) is 72.8 Å². The molecular formula is C37H35N3O7. The Hall–Kier alpha value is -5.45. The van der Waals surface area contributed by atoms with E-state index in [9.17, 15) is 14.7 Å². The lowest BCUT2D eigenvalue weighted by Crippen LogP contribution is -2.53. The number of methoxy groups -OCH3 is 2. The van der Waals surface area contributed by atoms with Gasteiger partial charge < -0.3 is 29.8 Å². The molecule has 10 heteroatoms. The lowest BCUT2D eigenvalue weighted by molar-refractivity contribution is -0.104. The summed E-state index contributed by atoms with van der Waals surface area (Å²) in [6, 6.07) is 34.7. The van der Waals surface area contributed by atoms with Crippen LogP contribution >= 0.6 is 0 Å². The molecule has 10 nitrogen and oxygen atoms in total. The average molecular weight is 634 g/mol. The van der Waals surface area contributed by atoms with E-state index >= 15 is 0 Å². The van der Waals surface area contributed by atoms with Gasteiger partial charge in [-0.3, -0.25) is 4.57 Å². The summed E-state index contributed by atoms with van der Waals surface area (Å²) in [4.78, 5) is 30.7. The van der Waals surface area contributed by atoms with Gasteiger partial charge in [0.15, 0.2) is 0 Å². The van der Waals surface area contributed by atoms with E-state index in [2.05, 4.69) is 4.98 Å². The van der Waals surface area contributed by atoms with Gasteiger partial charge in [-0.2, -0.15) is 4.98 Å². The molecule has 0 spiro atoms. The van der Waals surface area contributed by atoms with Crippen LogP contribution in [0.5, 0.6) is 11.5 Å². The van der Waals surface area contributed by atoms with Gasteiger partial charge in [-0.05, 0) is 59.2 Å². The van der Waals surface area contributed by atoms with Gasteiger partial charge in [-0.25, -0.2) is 9.59 Å². The highest BCUT2D eigenvalue weighted by molar-refractivity contribution is 5.89. The zero-order valence-electron chi connectivity index (χ0n) is 25.9. The smallest absolute Gasteiger partial charge is 0.351 e. The summed E-state index contributed by atoms with van der Waals surface area (Å²) in [6.07, 6.45) is -2.83. The van der Waals surface area contributed by atoms with E-state index in [0.717, 1.165) is 16.7 Å². The molecule has 0 bridgehead atoms. The second-order valence-corrected chi connectivity index (χ2v) is 11.2. The first kappa shape index (κ1) is 31.5. The number of hydrogen-bond acceptors (Lipinski definition) is 9. The number of nitrogen functional groups attached to an aromatic ring is 1. The number of esters is 1. The van der Waals surface area contributed by atoms with Crippen molar-refractivity contribution in [3.8, 4) is 11.5 Å². The fourth-order valence-corrected chi connectivity index (χ4v) is 6.33. The van der Waals surface area contributed by atoms with Crippen molar-refractivity contribution in [3.05, 3.63) is 154 Å². The summed E-state index contributed by atoms with van der Waals surface area (Å²) in [5.74, 6) is 0.730. The van der Waals surface area contributed by atoms with Crippen LogP contribution in [0.2, 0.25) is 0 Å². The number of benzene rings is 4. The maximum Gasteiger partial charge on any atom is 0.351 e. The van der Waals surface area contributed by atoms with E-state index in [4.69, 9.17) is 24.7 Å². The lowest BCUT2D eigenvalue weighted by Gasteiger charge is -2.44. The van der Waals surface area contributed by atoms with Crippen LogP contribution in [0.25, 0.3) is 0 Å². The molecule has 1 aromatic heterocycles. The monoisotopic (exact) mass is 633 g/mol. The van der Waals surface area contributed by atoms with Gasteiger partial charge in [0, 0.05) is 12.6 Å². The van der Waals surface area contributed by atoms with Crippen molar-refractivity contribution in [3.63, 3.8) is 0 Å². The fraction of sp³-hybridized carbons (Fsp3) is 0.216. The molecule has 0 saturated carbocycles. The molecule has 1 fully saturated rings. The van der Waals surface area contributed by atoms with Crippen molar-refractivity contribution < 1.29 is 28.8 Å². The SMILES string of the molecule is COc1ccc(C(c2ccccc2)(c2ccc(OC)cc2)C(OC(=O)c2ccccc2)[C@H]2O[C@@H](n3ccc(N)nc3=O)C[C@@H]2O)cc1. The van der Waals surface area contributed by atoms with Crippen molar-refractivity contribution in [2.45, 2.75) is 36.4 Å². The van der Waals surface area contributed by atoms with Crippen LogP contribution in [0.15, 0.2) is 126 Å². The minimum Gasteiger partial charge on any atom is -0.497 e. The quantitative estimate of drug-likeness (QED) is 0.165. The predicted molar refractivity (Wildman–Crippen MR) is 175 cm³/mol. The van der Waals surface area contributed by atoms with Gasteiger partial charge in [-0.15, -0.1) is 0 Å². The zero-order valence-corrected chi connectivity index (χ0v) is 25.9. The summed E-state index contributed by atoms with van der Waals surface area (Å²) in [7, 11) is 3.18. The zero-order chi connectivity index (χ0) is 33.0. The molecule has 4 atom stereocenters. The van der Waals surface area contributed by atoms with Crippen molar-refractivity contribution in [1.82, 2.24) is 9.55 Å². The van der Waals surface area contributed by atoms with Crippen molar-refractivity contribution in [2.24, 2.45) is 0 Å². The second kappa shape index (κ2) is 13.5. The van der Waals surface area contributed by atoms with E-state index < -0.39 is 41.6 Å². The number of anilines is 1. The average Bonchev–Trinajstić information content (AvgIpc) is 3.49. The van der Waals surface area contributed by atoms with Gasteiger partial charge in [0.25, 0.3) is 0 Å². The maximum absolute atomic E-state index is 14.0. The van der Waals surface area contributed by atoms with Crippen LogP contribution in [-0.2, 0) is 14.9 Å². The van der Waals surface area contributed by atoms with Crippen LogP contribution in [0, 0.1) is 0 Å². The number of carbonyl (C=O) groups excluding carboxylic acids is 1. The molecular weight excluding hydrogens is 598 g/mol. The molecule has 1 unspecified atom stereocenters. The Labute approximate surface area is 271 Å². The van der Waals surface area contributed by atoms with Crippen LogP contribution in [0.4, 0.5) is 5.82 Å². The van der Waals surface area contributed by atoms with Gasteiger partial charge >= 0.3 is 11.7 Å². The second-order valence-electron chi connectivity index (χ2n) is 11.2. The number of nitrogens with two attached hydrogens (primary N) is 1. The molecule has 4 aromatic carbocycles. The summed E-state index contributed by atoms with van der Waals surface area (Å²) in [5.41, 5.74) is 6.44. The minimum atomic E-state index is -1.25. The number of aliphatic hydroxyl groups excluding tert-OH is 1. The highest BCUT2D eigenvalue weighted by atomic mass is 16.6. The maximum atomic E-state index is 14.0. The minimum absolute atomic E-state index is 0.0334. The molecule has 1 aliphatic heterocycles. The number of nitrogens with zero attached hydrogens (tertiary/aromatic N) is 2. The summed E-state index contributed by atoms with van der Waals surface area (Å²) in [5, 5.41) is 11.8. The number of ether oxygens (including phenoxy) is 4. The Morgan fingerprint density at radius 2 is 1.38 bits per heavy atom. The normalized spacial score (nSPS) is 18.3. The van der Waals surface area contributed by atoms with Crippen molar-refractivity contribution in [1.29, 1.82) is 0 Å². The van der Waals surface area contributed by atoms with Gasteiger partial charge in [0.05, 0.1) is 31.3 Å². The third kappa shape index (κ3) is 6.08. The van der Waals surface area contributed by atoms with Crippen LogP contribution in [-0.4, -0.2) is 53.2 Å². The first-order valence-corrected chi connectivity index (χ1v) is 15.1. The van der Waals surface area contributed by atoms with E-state index in [0.29, 0.717) is 17.1 Å². The molecule has 1 aliphatic rings. The van der Waals surface area contributed by atoms with E-state index in [1.807, 2.05) is 84.9 Å². The summed E-state index contributed by atoms with van der Waals surface area (Å²) >= 11 is 0. The van der Waals surface area contributed by atoms with Crippen molar-refractivity contribution in [2.75, 3.05) is 20.0 Å². The molecule has 3 N–H and O–H groups in total. The van der Waals surface area contributed by atoms with Crippen molar-refractivity contribution >= 4 is 11.8 Å². The van der Waals surface area contributed by atoms with E-state index in [1.165, 1.54) is 16.8 Å². The Morgan fingerprint density at radius 1 is 0.851 bits per heavy atom. The lowest BCUT2D eigenvalue weighted by atomic mass is 9.64. The first-order chi connectivity index (χ1) is 22.8. The molecule has 2 heterocycles. The number of aromatic nitrogens is 2. The Balaban J connectivity index is 1.61. The highest BCUT2D eigenvalue weighted by Crippen LogP contribution is 2.48. The Kier molecular flexibility index (Phi) is 9.05. The third-order valence-electron chi connectivity index (χ3n) is 8.59. The van der Waals surface area contributed by atoms with Crippen LogP contribution < -0.4 is 20.9 Å². The Morgan fingerprint density at radius 3 is 1.91 bits per heavy atom. The third-order valence-corrected chi connectivity index (χ3v) is 8.59. The molecule has 6 rings (SSSR count). The topological polar surface area (TPSA) is 135 Å². The standard InChI is InChI=1S/C37H35N3O7/c1-44-28-17-13-26(14-18-28)37(25-11-7-4-8-12-25,27-15-19-29(45-2)20-16-27)34(47-35(42)24-9-5-3-6-10-24)33-30(41)23-32(46-33)40-22-21-31(38)39-36(40)43/h3-22,30,32-34,41H,23H2,1-2H3,(H2,38,39,43)/t30-,32+,33-,34?/m0/s1. The molecule has 5 aromatic rings. The first-order valence-electron chi connectivity index (χ1n) is 15.1. The number of hydrogen-bond donors (Lipinski definition) is 2. The van der Waals surface area contributed by atoms with E-state index in [1.54, 1.807) is 38.5 Å². The van der Waals surface area contributed by atoms with Gasteiger partial charge in [0.1, 0.15) is 35.8 Å². The molecule has 0 radical (unpaired) electrons. The fourth-order valence-electron chi connectivity index (χ4n) is 6.33. The predicted octanol–water partition coefficient (Wildman–Crippen LogP) is 4.75. The number of rotatable bonds is 10.